The maximum atomic E-state index is 12.8. The number of nitrogens with zero attached hydrogens (tertiary/aromatic N) is 2. The molecule has 1 aliphatic rings. The molecule has 0 bridgehead atoms. The molecule has 8 nitrogen and oxygen atoms in total. The van der Waals surface area contributed by atoms with E-state index in [2.05, 4.69) is 0 Å². The van der Waals surface area contributed by atoms with Crippen molar-refractivity contribution in [2.24, 2.45) is 0 Å². The molecule has 0 spiro atoms. The highest BCUT2D eigenvalue weighted by Crippen LogP contribution is 2.31. The second-order valence-electron chi connectivity index (χ2n) is 5.84. The molecule has 0 saturated carbocycles. The lowest BCUT2D eigenvalue weighted by atomic mass is 9.92. The fourth-order valence-corrected chi connectivity index (χ4v) is 2.84. The lowest BCUT2D eigenvalue weighted by Gasteiger charge is -2.28. The first-order chi connectivity index (χ1) is 12.9. The Balaban J connectivity index is 2.09. The number of carboxylic acids is 1. The molecule has 1 heterocycles. The van der Waals surface area contributed by atoms with Crippen LogP contribution in [0, 0.1) is 10.1 Å². The number of amides is 2. The number of rotatable bonds is 5. The van der Waals surface area contributed by atoms with Gasteiger partial charge in [0, 0.05) is 42.2 Å². The molecule has 3 rings (SSSR count). The highest BCUT2D eigenvalue weighted by molar-refractivity contribution is 6.33. The molecule has 2 amide bonds. The fourth-order valence-electron chi connectivity index (χ4n) is 2.84. The van der Waals surface area contributed by atoms with Crippen LogP contribution in [0.1, 0.15) is 27.9 Å². The molecular weight excluding hydrogens is 352 g/mol. The molecule has 136 valence electrons. The van der Waals surface area contributed by atoms with E-state index >= 15 is 0 Å². The molecular formula is C19H13N2O6-. The average molecular weight is 365 g/mol. The summed E-state index contributed by atoms with van der Waals surface area (Å²) < 4.78 is 0. The van der Waals surface area contributed by atoms with Crippen molar-refractivity contribution in [1.82, 2.24) is 4.90 Å². The van der Waals surface area contributed by atoms with Gasteiger partial charge in [0.1, 0.15) is 0 Å². The maximum absolute atomic E-state index is 12.8. The Bertz CT molecular complexity index is 995. The SMILES string of the molecule is O=C([O-])CCN1C(=O)/C(=C\c2cccc([N+](=O)[O-])c2)c2ccccc2C1=O. The number of hydrogen-bond donors (Lipinski definition) is 0. The van der Waals surface area contributed by atoms with Crippen LogP contribution in [0.4, 0.5) is 5.69 Å². The molecule has 27 heavy (non-hydrogen) atoms. The Hall–Kier alpha value is -3.81. The number of nitro benzene ring substituents is 1. The number of carbonyl (C=O) groups is 3. The third kappa shape index (κ3) is 3.59. The second kappa shape index (κ2) is 7.20. The Labute approximate surface area is 153 Å². The van der Waals surface area contributed by atoms with Crippen LogP contribution in [0.25, 0.3) is 11.6 Å². The lowest BCUT2D eigenvalue weighted by Crippen LogP contribution is -2.43. The molecule has 0 N–H and O–H groups in total. The first-order valence-electron chi connectivity index (χ1n) is 8.00. The van der Waals surface area contributed by atoms with Crippen molar-refractivity contribution < 1.29 is 24.4 Å². The van der Waals surface area contributed by atoms with Crippen LogP contribution >= 0.6 is 0 Å². The van der Waals surface area contributed by atoms with Gasteiger partial charge in [-0.3, -0.25) is 24.6 Å². The first kappa shape index (κ1) is 18.0. The van der Waals surface area contributed by atoms with E-state index < -0.39 is 29.1 Å². The van der Waals surface area contributed by atoms with Crippen molar-refractivity contribution in [2.45, 2.75) is 6.42 Å². The molecule has 0 atom stereocenters. The largest absolute Gasteiger partial charge is 0.550 e. The van der Waals surface area contributed by atoms with E-state index in [1.54, 1.807) is 24.3 Å². The van der Waals surface area contributed by atoms with Gasteiger partial charge in [-0.25, -0.2) is 0 Å². The van der Waals surface area contributed by atoms with E-state index in [4.69, 9.17) is 0 Å². The third-order valence-corrected chi connectivity index (χ3v) is 4.10. The number of fused-ring (bicyclic) bond motifs is 1. The first-order valence-corrected chi connectivity index (χ1v) is 8.00. The quantitative estimate of drug-likeness (QED) is 0.340. The third-order valence-electron chi connectivity index (χ3n) is 4.10. The van der Waals surface area contributed by atoms with E-state index in [1.807, 2.05) is 0 Å². The molecule has 0 radical (unpaired) electrons. The molecule has 2 aromatic rings. The van der Waals surface area contributed by atoms with E-state index in [0.29, 0.717) is 11.1 Å². The van der Waals surface area contributed by atoms with Crippen molar-refractivity contribution in [1.29, 1.82) is 0 Å². The molecule has 8 heteroatoms. The van der Waals surface area contributed by atoms with Gasteiger partial charge in [0.15, 0.2) is 0 Å². The van der Waals surface area contributed by atoms with Gasteiger partial charge < -0.3 is 9.90 Å². The summed E-state index contributed by atoms with van der Waals surface area (Å²) in [5.74, 6) is -2.63. The van der Waals surface area contributed by atoms with Gasteiger partial charge in [-0.2, -0.15) is 0 Å². The summed E-state index contributed by atoms with van der Waals surface area (Å²) in [4.78, 5) is 47.4. The molecule has 1 aliphatic heterocycles. The number of aliphatic carboxylic acids is 1. The molecule has 0 aromatic heterocycles. The van der Waals surface area contributed by atoms with Gasteiger partial charge in [-0.15, -0.1) is 0 Å². The zero-order valence-corrected chi connectivity index (χ0v) is 14.0. The summed E-state index contributed by atoms with van der Waals surface area (Å²) in [5.41, 5.74) is 1.09. The monoisotopic (exact) mass is 365 g/mol. The minimum atomic E-state index is -1.38. The van der Waals surface area contributed by atoms with Crippen LogP contribution in [-0.4, -0.2) is 34.2 Å². The van der Waals surface area contributed by atoms with Crippen molar-refractivity contribution in [3.8, 4) is 0 Å². The minimum absolute atomic E-state index is 0.134. The van der Waals surface area contributed by atoms with Crippen molar-refractivity contribution in [2.75, 3.05) is 6.54 Å². The van der Waals surface area contributed by atoms with Gasteiger partial charge in [0.2, 0.25) is 0 Å². The Kier molecular flexibility index (Phi) is 4.80. The van der Waals surface area contributed by atoms with Gasteiger partial charge in [-0.1, -0.05) is 30.3 Å². The maximum Gasteiger partial charge on any atom is 0.270 e. The van der Waals surface area contributed by atoms with Gasteiger partial charge in [0.05, 0.1) is 4.92 Å². The fraction of sp³-hybridized carbons (Fsp3) is 0.105. The van der Waals surface area contributed by atoms with Crippen LogP contribution in [0.2, 0.25) is 0 Å². The summed E-state index contributed by atoms with van der Waals surface area (Å²) >= 11 is 0. The van der Waals surface area contributed by atoms with Crippen LogP contribution in [0.5, 0.6) is 0 Å². The topological polar surface area (TPSA) is 121 Å². The number of carbonyl (C=O) groups excluding carboxylic acids is 3. The Morgan fingerprint density at radius 3 is 2.41 bits per heavy atom. The predicted molar refractivity (Wildman–Crippen MR) is 93.1 cm³/mol. The van der Waals surface area contributed by atoms with Crippen LogP contribution < -0.4 is 5.11 Å². The summed E-state index contributed by atoms with van der Waals surface area (Å²) in [5, 5.41) is 21.7. The number of carboxylic acid groups (broad SMARTS) is 1. The number of hydrogen-bond acceptors (Lipinski definition) is 6. The highest BCUT2D eigenvalue weighted by atomic mass is 16.6. The van der Waals surface area contributed by atoms with Crippen LogP contribution in [0.3, 0.4) is 0 Å². The molecule has 0 fully saturated rings. The number of benzene rings is 2. The van der Waals surface area contributed by atoms with Gasteiger partial charge in [0.25, 0.3) is 17.5 Å². The summed E-state index contributed by atoms with van der Waals surface area (Å²) in [6.07, 6.45) is 0.969. The number of non-ortho nitro benzene ring substituents is 1. The Morgan fingerprint density at radius 1 is 1.04 bits per heavy atom. The predicted octanol–water partition coefficient (Wildman–Crippen LogP) is 1.26. The zero-order chi connectivity index (χ0) is 19.6. The van der Waals surface area contributed by atoms with Crippen molar-refractivity contribution in [3.63, 3.8) is 0 Å². The summed E-state index contributed by atoms with van der Waals surface area (Å²) in [7, 11) is 0. The van der Waals surface area contributed by atoms with E-state index in [9.17, 15) is 29.6 Å². The molecule has 2 aromatic carbocycles. The van der Waals surface area contributed by atoms with Gasteiger partial charge >= 0.3 is 0 Å². The summed E-state index contributed by atoms with van der Waals surface area (Å²) in [6.45, 7) is -0.319. The molecule has 0 unspecified atom stereocenters. The van der Waals surface area contributed by atoms with Crippen molar-refractivity contribution >= 4 is 35.1 Å². The zero-order valence-electron chi connectivity index (χ0n) is 14.0. The van der Waals surface area contributed by atoms with Gasteiger partial charge in [-0.05, 0) is 23.3 Å². The molecule has 0 aliphatic carbocycles. The Morgan fingerprint density at radius 2 is 1.74 bits per heavy atom. The molecule has 0 saturated heterocycles. The minimum Gasteiger partial charge on any atom is -0.550 e. The van der Waals surface area contributed by atoms with E-state index in [0.717, 1.165) is 4.90 Å². The normalized spacial score (nSPS) is 15.0. The smallest absolute Gasteiger partial charge is 0.270 e. The number of nitro groups is 1. The van der Waals surface area contributed by atoms with E-state index in [1.165, 1.54) is 30.3 Å². The number of imide groups is 1. The van der Waals surface area contributed by atoms with Crippen LogP contribution in [-0.2, 0) is 9.59 Å². The van der Waals surface area contributed by atoms with E-state index in [-0.39, 0.29) is 23.4 Å². The second-order valence-corrected chi connectivity index (χ2v) is 5.84. The lowest BCUT2D eigenvalue weighted by molar-refractivity contribution is -0.384. The highest BCUT2D eigenvalue weighted by Gasteiger charge is 2.34. The average Bonchev–Trinajstić information content (AvgIpc) is 2.65. The summed E-state index contributed by atoms with van der Waals surface area (Å²) in [6, 6.07) is 12.2. The van der Waals surface area contributed by atoms with Crippen LogP contribution in [0.15, 0.2) is 48.5 Å². The van der Waals surface area contributed by atoms with Crippen molar-refractivity contribution in [3.05, 3.63) is 75.3 Å². The standard InChI is InChI=1S/C19H14N2O6/c22-17(23)8-9-20-18(24)15-7-2-1-6-14(15)16(19(20)25)11-12-4-3-5-13(10-12)21(26)27/h1-7,10-11H,8-9H2,(H,22,23)/p-1/b16-11-.